The fourth-order valence-electron chi connectivity index (χ4n) is 2.57. The molecule has 0 aliphatic heterocycles. The molecule has 0 saturated heterocycles. The number of nitro benzene ring substituents is 2. The summed E-state index contributed by atoms with van der Waals surface area (Å²) >= 11 is 0. The molecule has 0 bridgehead atoms. The number of hydrogen-bond acceptors (Lipinski definition) is 8. The number of amides is 2. The van der Waals surface area contributed by atoms with E-state index in [1.807, 2.05) is 5.43 Å². The molecule has 2 N–H and O–H groups in total. The number of nitrogens with one attached hydrogen (secondary N) is 2. The van der Waals surface area contributed by atoms with Crippen LogP contribution in [-0.4, -0.2) is 27.9 Å². The maximum atomic E-state index is 12.9. The van der Waals surface area contributed by atoms with Crippen molar-refractivity contribution in [2.24, 2.45) is 5.10 Å². The van der Waals surface area contributed by atoms with E-state index in [-0.39, 0.29) is 17.2 Å². The minimum Gasteiger partial charge on any atom is -0.450 e. The number of anilines is 1. The monoisotopic (exact) mass is 467 g/mol. The van der Waals surface area contributed by atoms with Gasteiger partial charge in [0.1, 0.15) is 11.6 Å². The van der Waals surface area contributed by atoms with Crippen LogP contribution >= 0.6 is 0 Å². The normalized spacial score (nSPS) is 10.5. The number of carbonyl (C=O) groups is 2. The van der Waals surface area contributed by atoms with Crippen molar-refractivity contribution < 1.29 is 28.6 Å². The van der Waals surface area contributed by atoms with Crippen molar-refractivity contribution in [3.63, 3.8) is 0 Å². The lowest BCUT2D eigenvalue weighted by Crippen LogP contribution is -2.32. The topological polar surface area (TPSA) is 166 Å². The minimum atomic E-state index is -1.07. The first-order chi connectivity index (χ1) is 16.2. The molecule has 0 spiro atoms. The lowest BCUT2D eigenvalue weighted by Gasteiger charge is -2.07. The van der Waals surface area contributed by atoms with Crippen LogP contribution in [0.15, 0.2) is 71.8 Å². The van der Waals surface area contributed by atoms with E-state index in [0.717, 1.165) is 30.3 Å². The maximum absolute atomic E-state index is 12.9. The van der Waals surface area contributed by atoms with Gasteiger partial charge in [-0.15, -0.1) is 0 Å². The van der Waals surface area contributed by atoms with Gasteiger partial charge >= 0.3 is 17.5 Å². The van der Waals surface area contributed by atoms with E-state index in [2.05, 4.69) is 10.4 Å². The second-order valence-electron chi connectivity index (χ2n) is 6.50. The van der Waals surface area contributed by atoms with Gasteiger partial charge in [0.2, 0.25) is 5.75 Å². The Balaban J connectivity index is 1.65. The van der Waals surface area contributed by atoms with Crippen LogP contribution in [0.2, 0.25) is 0 Å². The second kappa shape index (κ2) is 10.4. The number of nitrogens with zero attached hydrogens (tertiary/aromatic N) is 3. The van der Waals surface area contributed by atoms with E-state index in [1.54, 1.807) is 6.07 Å². The average molecular weight is 467 g/mol. The van der Waals surface area contributed by atoms with Crippen molar-refractivity contribution in [3.05, 3.63) is 98.3 Å². The van der Waals surface area contributed by atoms with Crippen LogP contribution in [0, 0.1) is 26.0 Å². The van der Waals surface area contributed by atoms with Gasteiger partial charge in [0.25, 0.3) is 5.69 Å². The highest BCUT2D eigenvalue weighted by molar-refractivity contribution is 6.39. The van der Waals surface area contributed by atoms with Crippen molar-refractivity contribution in [3.8, 4) is 11.5 Å². The molecular weight excluding hydrogens is 453 g/mol. The number of rotatable bonds is 7. The molecular formula is C21H14FN5O7. The molecule has 0 atom stereocenters. The molecule has 0 radical (unpaired) electrons. The van der Waals surface area contributed by atoms with E-state index >= 15 is 0 Å². The lowest BCUT2D eigenvalue weighted by atomic mass is 10.2. The van der Waals surface area contributed by atoms with E-state index in [9.17, 15) is 34.2 Å². The van der Waals surface area contributed by atoms with Gasteiger partial charge in [-0.3, -0.25) is 29.8 Å². The fourth-order valence-corrected chi connectivity index (χ4v) is 2.57. The molecule has 3 rings (SSSR count). The summed E-state index contributed by atoms with van der Waals surface area (Å²) in [6, 6.07) is 13.8. The molecule has 0 aliphatic carbocycles. The highest BCUT2D eigenvalue weighted by atomic mass is 19.1. The minimum absolute atomic E-state index is 0.154. The molecule has 2 amide bonds. The number of non-ortho nitro benzene ring substituents is 1. The van der Waals surface area contributed by atoms with Crippen molar-refractivity contribution in [2.45, 2.75) is 0 Å². The number of benzene rings is 3. The summed E-state index contributed by atoms with van der Waals surface area (Å²) in [5.74, 6) is -2.65. The van der Waals surface area contributed by atoms with Gasteiger partial charge in [0.15, 0.2) is 0 Å². The highest BCUT2D eigenvalue weighted by Gasteiger charge is 2.21. The Morgan fingerprint density at radius 3 is 2.35 bits per heavy atom. The first-order valence-electron chi connectivity index (χ1n) is 9.33. The summed E-state index contributed by atoms with van der Waals surface area (Å²) in [5.41, 5.74) is 1.60. The second-order valence-corrected chi connectivity index (χ2v) is 6.50. The molecule has 0 aliphatic rings. The number of ether oxygens (including phenoxy) is 1. The quantitative estimate of drug-likeness (QED) is 0.232. The number of carbonyl (C=O) groups excluding carboxylic acids is 2. The molecule has 0 fully saturated rings. The van der Waals surface area contributed by atoms with Gasteiger partial charge in [-0.25, -0.2) is 9.82 Å². The Morgan fingerprint density at radius 2 is 1.68 bits per heavy atom. The standard InChI is InChI=1S/C21H14FN5O7/c22-14-4-6-15(7-5-14)24-20(28)21(29)25-23-12-13-2-1-3-17(10-13)34-19-9-8-16(26(30)31)11-18(19)27(32)33/h1-12H,(H,24,28)(H,25,29)/b23-12+. The van der Waals surface area contributed by atoms with Crippen LogP contribution in [0.1, 0.15) is 5.56 Å². The summed E-state index contributed by atoms with van der Waals surface area (Å²) in [7, 11) is 0. The van der Waals surface area contributed by atoms with Crippen LogP contribution in [0.4, 0.5) is 21.5 Å². The molecule has 0 heterocycles. The number of nitro groups is 2. The predicted octanol–water partition coefficient (Wildman–Crippen LogP) is 3.52. The fraction of sp³-hybridized carbons (Fsp3) is 0. The van der Waals surface area contributed by atoms with Gasteiger partial charge in [0, 0.05) is 11.8 Å². The average Bonchev–Trinajstić information content (AvgIpc) is 2.80. The van der Waals surface area contributed by atoms with Gasteiger partial charge in [-0.05, 0) is 48.0 Å². The molecule has 0 saturated carbocycles. The van der Waals surface area contributed by atoms with E-state index in [0.29, 0.717) is 5.56 Å². The Hall–Kier alpha value is -5.20. The Kier molecular flexibility index (Phi) is 7.18. The van der Waals surface area contributed by atoms with Crippen LogP contribution in [0.25, 0.3) is 0 Å². The Morgan fingerprint density at radius 1 is 0.941 bits per heavy atom. The third-order valence-electron chi connectivity index (χ3n) is 4.12. The van der Waals surface area contributed by atoms with Crippen LogP contribution in [-0.2, 0) is 9.59 Å². The molecule has 34 heavy (non-hydrogen) atoms. The number of hydrazone groups is 1. The predicted molar refractivity (Wildman–Crippen MR) is 117 cm³/mol. The van der Waals surface area contributed by atoms with Crippen molar-refractivity contribution in [1.82, 2.24) is 5.43 Å². The van der Waals surface area contributed by atoms with E-state index < -0.39 is 38.9 Å². The highest BCUT2D eigenvalue weighted by Crippen LogP contribution is 2.34. The summed E-state index contributed by atoms with van der Waals surface area (Å²) in [6.45, 7) is 0. The number of halogens is 1. The van der Waals surface area contributed by atoms with Crippen molar-refractivity contribution in [1.29, 1.82) is 0 Å². The lowest BCUT2D eigenvalue weighted by molar-refractivity contribution is -0.394. The Bertz CT molecular complexity index is 1290. The first kappa shape index (κ1) is 23.5. The molecule has 0 unspecified atom stereocenters. The molecule has 172 valence electrons. The van der Waals surface area contributed by atoms with Gasteiger partial charge in [-0.2, -0.15) is 5.10 Å². The van der Waals surface area contributed by atoms with E-state index in [4.69, 9.17) is 4.74 Å². The molecule has 3 aromatic rings. The summed E-state index contributed by atoms with van der Waals surface area (Å²) < 4.78 is 18.4. The van der Waals surface area contributed by atoms with Crippen LogP contribution in [0.3, 0.4) is 0 Å². The zero-order valence-electron chi connectivity index (χ0n) is 17.0. The molecule has 12 nitrogen and oxygen atoms in total. The number of hydrogen-bond donors (Lipinski definition) is 2. The first-order valence-corrected chi connectivity index (χ1v) is 9.33. The molecule has 0 aromatic heterocycles. The van der Waals surface area contributed by atoms with E-state index in [1.165, 1.54) is 36.5 Å². The zero-order chi connectivity index (χ0) is 24.7. The third-order valence-corrected chi connectivity index (χ3v) is 4.12. The maximum Gasteiger partial charge on any atom is 0.329 e. The van der Waals surface area contributed by atoms with Crippen molar-refractivity contribution >= 4 is 35.1 Å². The van der Waals surface area contributed by atoms with Crippen LogP contribution in [0.5, 0.6) is 11.5 Å². The summed E-state index contributed by atoms with van der Waals surface area (Å²) in [6.07, 6.45) is 1.19. The summed E-state index contributed by atoms with van der Waals surface area (Å²) in [4.78, 5) is 44.2. The van der Waals surface area contributed by atoms with Gasteiger partial charge in [-0.1, -0.05) is 12.1 Å². The third kappa shape index (κ3) is 6.16. The smallest absolute Gasteiger partial charge is 0.329 e. The zero-order valence-corrected chi connectivity index (χ0v) is 17.0. The van der Waals surface area contributed by atoms with Gasteiger partial charge < -0.3 is 10.1 Å². The molecule has 13 heteroatoms. The van der Waals surface area contributed by atoms with Crippen molar-refractivity contribution in [2.75, 3.05) is 5.32 Å². The molecule has 3 aromatic carbocycles. The Labute approximate surface area is 190 Å². The van der Waals surface area contributed by atoms with Gasteiger partial charge in [0.05, 0.1) is 22.1 Å². The largest absolute Gasteiger partial charge is 0.450 e. The summed E-state index contributed by atoms with van der Waals surface area (Å²) in [5, 5.41) is 28.0. The van der Waals surface area contributed by atoms with Crippen LogP contribution < -0.4 is 15.5 Å². The SMILES string of the molecule is O=C(N/N=C/c1cccc(Oc2ccc([N+](=O)[O-])cc2[N+](=O)[O-])c1)C(=O)Nc1ccc(F)cc1.